The normalized spacial score (nSPS) is 44.8. The Morgan fingerprint density at radius 3 is 2.83 bits per heavy atom. The molecule has 4 atom stereocenters. The van der Waals surface area contributed by atoms with Gasteiger partial charge in [-0.15, -0.1) is 0 Å². The van der Waals surface area contributed by atoms with Crippen LogP contribution >= 0.6 is 0 Å². The Bertz CT molecular complexity index is 202. The summed E-state index contributed by atoms with van der Waals surface area (Å²) in [5.41, 5.74) is 0. The topological polar surface area (TPSA) is 46.5 Å². The van der Waals surface area contributed by atoms with Gasteiger partial charge < -0.3 is 9.84 Å². The van der Waals surface area contributed by atoms with E-state index in [9.17, 15) is 9.90 Å². The third-order valence-corrected chi connectivity index (χ3v) is 3.10. The van der Waals surface area contributed by atoms with Crippen molar-refractivity contribution in [2.24, 2.45) is 17.8 Å². The lowest BCUT2D eigenvalue weighted by molar-refractivity contribution is -0.148. The van der Waals surface area contributed by atoms with Gasteiger partial charge in [0.2, 0.25) is 0 Å². The zero-order valence-electron chi connectivity index (χ0n) is 7.19. The lowest BCUT2D eigenvalue weighted by atomic mass is 9.87. The second-order valence-electron chi connectivity index (χ2n) is 3.91. The minimum atomic E-state index is -0.280. The molecule has 2 fully saturated rings. The second-order valence-corrected chi connectivity index (χ2v) is 3.91. The van der Waals surface area contributed by atoms with Crippen molar-refractivity contribution in [2.45, 2.75) is 25.4 Å². The summed E-state index contributed by atoms with van der Waals surface area (Å²) in [4.78, 5) is 11.2. The van der Waals surface area contributed by atoms with E-state index in [0.717, 1.165) is 12.8 Å². The first-order valence-corrected chi connectivity index (χ1v) is 4.48. The van der Waals surface area contributed by atoms with E-state index >= 15 is 0 Å². The molecule has 3 heteroatoms. The number of hydrogen-bond donors (Lipinski definition) is 1. The number of rotatable bonds is 1. The largest absolute Gasteiger partial charge is 0.469 e. The van der Waals surface area contributed by atoms with Crippen LogP contribution < -0.4 is 0 Å². The first-order valence-electron chi connectivity index (χ1n) is 4.48. The molecule has 0 aromatic carbocycles. The highest BCUT2D eigenvalue weighted by molar-refractivity contribution is 5.73. The van der Waals surface area contributed by atoms with Crippen molar-refractivity contribution in [2.75, 3.05) is 7.11 Å². The fourth-order valence-corrected chi connectivity index (χ4v) is 2.37. The number of aliphatic hydroxyl groups is 1. The summed E-state index contributed by atoms with van der Waals surface area (Å²) in [7, 11) is 1.42. The first-order chi connectivity index (χ1) is 5.72. The van der Waals surface area contributed by atoms with E-state index in [2.05, 4.69) is 4.74 Å². The van der Waals surface area contributed by atoms with E-state index in [1.165, 1.54) is 7.11 Å². The molecular weight excluding hydrogens is 156 g/mol. The number of fused-ring (bicyclic) bond motifs is 1. The Hall–Kier alpha value is -0.570. The standard InChI is InChI=1S/C9H14O3/c1-12-9(11)8-4-6(10)2-5-3-7(5)8/h5-8,10H,2-4H2,1H3/t5?,6-,7-,8+/m1/s1. The van der Waals surface area contributed by atoms with Crippen molar-refractivity contribution >= 4 is 5.97 Å². The molecule has 0 saturated heterocycles. The van der Waals surface area contributed by atoms with Gasteiger partial charge in [-0.25, -0.2) is 0 Å². The molecule has 2 saturated carbocycles. The first kappa shape index (κ1) is 8.05. The molecule has 0 amide bonds. The van der Waals surface area contributed by atoms with Crippen LogP contribution in [-0.2, 0) is 9.53 Å². The highest BCUT2D eigenvalue weighted by Gasteiger charge is 2.51. The highest BCUT2D eigenvalue weighted by Crippen LogP contribution is 2.53. The minimum Gasteiger partial charge on any atom is -0.469 e. The third kappa shape index (κ3) is 1.22. The quantitative estimate of drug-likeness (QED) is 0.585. The molecule has 3 nitrogen and oxygen atoms in total. The van der Waals surface area contributed by atoms with Crippen molar-refractivity contribution in [3.63, 3.8) is 0 Å². The number of carbonyl (C=O) groups is 1. The summed E-state index contributed by atoms with van der Waals surface area (Å²) in [5, 5.41) is 9.41. The van der Waals surface area contributed by atoms with Crippen LogP contribution in [0.1, 0.15) is 19.3 Å². The molecule has 68 valence electrons. The van der Waals surface area contributed by atoms with Crippen LogP contribution in [0.2, 0.25) is 0 Å². The van der Waals surface area contributed by atoms with Gasteiger partial charge in [-0.05, 0) is 31.1 Å². The van der Waals surface area contributed by atoms with Gasteiger partial charge in [-0.2, -0.15) is 0 Å². The lowest BCUT2D eigenvalue weighted by Gasteiger charge is -2.22. The van der Waals surface area contributed by atoms with Gasteiger partial charge in [0.05, 0.1) is 19.1 Å². The molecule has 0 aromatic rings. The molecule has 2 rings (SSSR count). The summed E-state index contributed by atoms with van der Waals surface area (Å²) in [5.74, 6) is 0.948. The average molecular weight is 170 g/mol. The molecule has 0 spiro atoms. The smallest absolute Gasteiger partial charge is 0.309 e. The van der Waals surface area contributed by atoms with Gasteiger partial charge in [0.1, 0.15) is 0 Å². The molecule has 1 unspecified atom stereocenters. The highest BCUT2D eigenvalue weighted by atomic mass is 16.5. The van der Waals surface area contributed by atoms with Gasteiger partial charge >= 0.3 is 5.97 Å². The van der Waals surface area contributed by atoms with E-state index in [-0.39, 0.29) is 18.0 Å². The Balaban J connectivity index is 2.01. The zero-order chi connectivity index (χ0) is 8.72. The van der Waals surface area contributed by atoms with Crippen LogP contribution in [0.15, 0.2) is 0 Å². The molecular formula is C9H14O3. The molecule has 12 heavy (non-hydrogen) atoms. The molecule has 1 N–H and O–H groups in total. The number of aliphatic hydroxyl groups excluding tert-OH is 1. The van der Waals surface area contributed by atoms with Crippen LogP contribution in [0, 0.1) is 17.8 Å². The van der Waals surface area contributed by atoms with Crippen LogP contribution in [0.4, 0.5) is 0 Å². The number of hydrogen-bond acceptors (Lipinski definition) is 3. The second kappa shape index (κ2) is 2.73. The fraction of sp³-hybridized carbons (Fsp3) is 0.889. The van der Waals surface area contributed by atoms with E-state index in [4.69, 9.17) is 0 Å². The Labute approximate surface area is 71.7 Å². The maximum atomic E-state index is 11.2. The molecule has 0 aliphatic heterocycles. The van der Waals surface area contributed by atoms with Crippen molar-refractivity contribution in [1.82, 2.24) is 0 Å². The number of ether oxygens (including phenoxy) is 1. The summed E-state index contributed by atoms with van der Waals surface area (Å²) in [6, 6.07) is 0. The van der Waals surface area contributed by atoms with Crippen molar-refractivity contribution < 1.29 is 14.6 Å². The van der Waals surface area contributed by atoms with Gasteiger partial charge in [0, 0.05) is 0 Å². The molecule has 0 heterocycles. The van der Waals surface area contributed by atoms with Crippen molar-refractivity contribution in [3.8, 4) is 0 Å². The number of methoxy groups -OCH3 is 1. The minimum absolute atomic E-state index is 0.0243. The number of esters is 1. The average Bonchev–Trinajstić information content (AvgIpc) is 2.80. The van der Waals surface area contributed by atoms with Crippen LogP contribution in [0.5, 0.6) is 0 Å². The Morgan fingerprint density at radius 1 is 1.42 bits per heavy atom. The third-order valence-electron chi connectivity index (χ3n) is 3.10. The van der Waals surface area contributed by atoms with Gasteiger partial charge in [0.15, 0.2) is 0 Å². The molecule has 0 aromatic heterocycles. The SMILES string of the molecule is COC(=O)[C@H]1C[C@H](O)CC2C[C@H]21. The predicted molar refractivity (Wildman–Crippen MR) is 42.3 cm³/mol. The molecule has 2 aliphatic carbocycles. The van der Waals surface area contributed by atoms with E-state index < -0.39 is 0 Å². The van der Waals surface area contributed by atoms with E-state index in [1.807, 2.05) is 0 Å². The van der Waals surface area contributed by atoms with Crippen LogP contribution in [0.25, 0.3) is 0 Å². The monoisotopic (exact) mass is 170 g/mol. The summed E-state index contributed by atoms with van der Waals surface area (Å²) < 4.78 is 4.69. The Kier molecular flexibility index (Phi) is 1.83. The lowest BCUT2D eigenvalue weighted by Crippen LogP contribution is -2.28. The molecule has 0 bridgehead atoms. The fourth-order valence-electron chi connectivity index (χ4n) is 2.37. The van der Waals surface area contributed by atoms with Gasteiger partial charge in [0.25, 0.3) is 0 Å². The molecule has 0 radical (unpaired) electrons. The van der Waals surface area contributed by atoms with Gasteiger partial charge in [-0.3, -0.25) is 4.79 Å². The zero-order valence-corrected chi connectivity index (χ0v) is 7.19. The summed E-state index contributed by atoms with van der Waals surface area (Å²) in [6.07, 6.45) is 2.32. The van der Waals surface area contributed by atoms with E-state index in [1.54, 1.807) is 0 Å². The summed E-state index contributed by atoms with van der Waals surface area (Å²) in [6.45, 7) is 0. The maximum absolute atomic E-state index is 11.2. The molecule has 2 aliphatic rings. The van der Waals surface area contributed by atoms with E-state index in [0.29, 0.717) is 18.3 Å². The predicted octanol–water partition coefficient (Wildman–Crippen LogP) is 0.566. The van der Waals surface area contributed by atoms with Crippen molar-refractivity contribution in [1.29, 1.82) is 0 Å². The summed E-state index contributed by atoms with van der Waals surface area (Å²) >= 11 is 0. The van der Waals surface area contributed by atoms with Crippen LogP contribution in [0.3, 0.4) is 0 Å². The maximum Gasteiger partial charge on any atom is 0.309 e. The number of carbonyl (C=O) groups excluding carboxylic acids is 1. The Morgan fingerprint density at radius 2 is 2.17 bits per heavy atom. The van der Waals surface area contributed by atoms with Crippen LogP contribution in [-0.4, -0.2) is 24.3 Å². The van der Waals surface area contributed by atoms with Gasteiger partial charge in [-0.1, -0.05) is 0 Å². The van der Waals surface area contributed by atoms with Crippen molar-refractivity contribution in [3.05, 3.63) is 0 Å².